The van der Waals surface area contributed by atoms with Gasteiger partial charge < -0.3 is 14.4 Å². The van der Waals surface area contributed by atoms with Crippen LogP contribution in [0.5, 0.6) is 5.75 Å². The molecule has 1 aliphatic heterocycles. The lowest BCUT2D eigenvalue weighted by molar-refractivity contribution is 0.122. The Morgan fingerprint density at radius 2 is 1.83 bits per heavy atom. The molecule has 0 spiro atoms. The van der Waals surface area contributed by atoms with E-state index in [1.165, 1.54) is 5.55 Å². The lowest BCUT2D eigenvalue weighted by atomic mass is 10.1. The highest BCUT2D eigenvalue weighted by atomic mass is 35.5. The number of anilines is 1. The second-order valence-corrected chi connectivity index (χ2v) is 6.30. The maximum Gasteiger partial charge on any atom is 0.194 e. The number of aromatic nitrogens is 2. The smallest absolute Gasteiger partial charge is 0.194 e. The van der Waals surface area contributed by atoms with Gasteiger partial charge in [0.1, 0.15) is 0 Å². The number of benzene rings is 1. The van der Waals surface area contributed by atoms with Crippen molar-refractivity contribution in [2.45, 2.75) is 6.92 Å². The number of thiocarbonyl (C=S) groups is 1. The molecule has 1 aromatic heterocycles. The minimum Gasteiger partial charge on any atom is -0.450 e. The van der Waals surface area contributed by atoms with Crippen LogP contribution in [0.4, 0.5) is 5.82 Å². The second-order valence-electron chi connectivity index (χ2n) is 5.30. The predicted octanol–water partition coefficient (Wildman–Crippen LogP) is 3.93. The summed E-state index contributed by atoms with van der Waals surface area (Å²) in [6, 6.07) is 5.41. The van der Waals surface area contributed by atoms with Gasteiger partial charge in [-0.15, -0.1) is 10.2 Å². The van der Waals surface area contributed by atoms with Crippen molar-refractivity contribution in [3.8, 4) is 17.0 Å². The molecule has 0 atom stereocenters. The summed E-state index contributed by atoms with van der Waals surface area (Å²) < 4.78 is 10.8. The van der Waals surface area contributed by atoms with E-state index in [1.807, 2.05) is 19.1 Å². The van der Waals surface area contributed by atoms with Crippen LogP contribution < -0.4 is 9.64 Å². The van der Waals surface area contributed by atoms with Crippen molar-refractivity contribution in [1.82, 2.24) is 10.2 Å². The summed E-state index contributed by atoms with van der Waals surface area (Å²) in [5.41, 5.74) is 3.42. The van der Waals surface area contributed by atoms with Gasteiger partial charge in [0, 0.05) is 34.8 Å². The first kappa shape index (κ1) is 17.4. The monoisotopic (exact) mass is 383 g/mol. The third-order valence-corrected chi connectivity index (χ3v) is 4.68. The highest BCUT2D eigenvalue weighted by Crippen LogP contribution is 2.34. The average molecular weight is 384 g/mol. The van der Waals surface area contributed by atoms with Gasteiger partial charge in [-0.25, -0.2) is 0 Å². The Morgan fingerprint density at radius 3 is 2.46 bits per heavy atom. The first-order valence-electron chi connectivity index (χ1n) is 7.37. The quantitative estimate of drug-likeness (QED) is 0.745. The van der Waals surface area contributed by atoms with E-state index in [9.17, 15) is 0 Å². The first-order chi connectivity index (χ1) is 11.6. The fraction of sp³-hybridized carbons (Fsp3) is 0.312. The molecule has 24 heavy (non-hydrogen) atoms. The molecule has 0 unspecified atom stereocenters. The van der Waals surface area contributed by atoms with E-state index < -0.39 is 0 Å². The Hall–Kier alpha value is -1.47. The minimum atomic E-state index is 0.546. The Bertz CT molecular complexity index is 744. The Morgan fingerprint density at radius 1 is 1.17 bits per heavy atom. The van der Waals surface area contributed by atoms with Gasteiger partial charge in [0.2, 0.25) is 0 Å². The van der Waals surface area contributed by atoms with Gasteiger partial charge in [-0.1, -0.05) is 23.2 Å². The molecule has 0 aliphatic carbocycles. The molecule has 1 aliphatic rings. The van der Waals surface area contributed by atoms with Gasteiger partial charge in [-0.2, -0.15) is 0 Å². The van der Waals surface area contributed by atoms with Crippen LogP contribution in [0.1, 0.15) is 5.56 Å². The Balaban J connectivity index is 2.01. The molecule has 3 rings (SSSR count). The molecule has 0 amide bonds. The number of ether oxygens (including phenoxy) is 2. The van der Waals surface area contributed by atoms with Crippen LogP contribution in [0.25, 0.3) is 11.3 Å². The number of rotatable bonds is 4. The van der Waals surface area contributed by atoms with Crippen LogP contribution in [0.2, 0.25) is 10.0 Å². The molecule has 126 valence electrons. The molecule has 1 aromatic carbocycles. The van der Waals surface area contributed by atoms with Crippen LogP contribution in [-0.2, 0) is 4.74 Å². The molecule has 5 nitrogen and oxygen atoms in total. The topological polar surface area (TPSA) is 47.5 Å². The molecule has 1 saturated heterocycles. The van der Waals surface area contributed by atoms with E-state index >= 15 is 0 Å². The van der Waals surface area contributed by atoms with Crippen LogP contribution in [0, 0.1) is 6.92 Å². The van der Waals surface area contributed by atoms with Crippen molar-refractivity contribution >= 4 is 46.8 Å². The number of halogens is 2. The molecule has 0 saturated carbocycles. The van der Waals surface area contributed by atoms with E-state index in [2.05, 4.69) is 15.1 Å². The predicted molar refractivity (Wildman–Crippen MR) is 99.5 cm³/mol. The van der Waals surface area contributed by atoms with Crippen molar-refractivity contribution in [2.75, 3.05) is 31.2 Å². The molecule has 0 radical (unpaired) electrons. The van der Waals surface area contributed by atoms with Crippen LogP contribution in [-0.4, -0.2) is 42.1 Å². The second kappa shape index (κ2) is 7.61. The molecular formula is C16H15Cl2N3O2S. The summed E-state index contributed by atoms with van der Waals surface area (Å²) in [6.45, 7) is 4.60. The molecule has 2 heterocycles. The average Bonchev–Trinajstić information content (AvgIpc) is 2.60. The van der Waals surface area contributed by atoms with Crippen LogP contribution >= 0.6 is 35.4 Å². The SMILES string of the molecule is Cc1c(Cl)cc(-c2cc(OC=S)c(N3CCOCC3)nn2)cc1Cl. The van der Waals surface area contributed by atoms with Gasteiger partial charge >= 0.3 is 0 Å². The molecule has 2 aromatic rings. The normalized spacial score (nSPS) is 14.5. The molecule has 8 heteroatoms. The first-order valence-corrected chi connectivity index (χ1v) is 8.59. The highest BCUT2D eigenvalue weighted by molar-refractivity contribution is 7.78. The fourth-order valence-electron chi connectivity index (χ4n) is 2.44. The largest absolute Gasteiger partial charge is 0.450 e. The maximum absolute atomic E-state index is 6.21. The molecule has 1 fully saturated rings. The summed E-state index contributed by atoms with van der Waals surface area (Å²) in [6.07, 6.45) is 0. The van der Waals surface area contributed by atoms with Crippen LogP contribution in [0.3, 0.4) is 0 Å². The van der Waals surface area contributed by atoms with E-state index in [-0.39, 0.29) is 0 Å². The van der Waals surface area contributed by atoms with E-state index in [1.54, 1.807) is 6.07 Å². The zero-order valence-electron chi connectivity index (χ0n) is 13.0. The van der Waals surface area contributed by atoms with E-state index in [0.29, 0.717) is 40.5 Å². The van der Waals surface area contributed by atoms with Crippen molar-refractivity contribution in [2.24, 2.45) is 0 Å². The standard InChI is InChI=1S/C16H15Cl2N3O2S/c1-10-12(17)6-11(7-13(10)18)14-8-15(23-9-24)16(20-19-14)21-2-4-22-5-3-21/h6-9H,2-5H2,1H3. The maximum atomic E-state index is 6.21. The lowest BCUT2D eigenvalue weighted by Gasteiger charge is -2.28. The molecular weight excluding hydrogens is 369 g/mol. The lowest BCUT2D eigenvalue weighted by Crippen LogP contribution is -2.37. The number of morpholine rings is 1. The van der Waals surface area contributed by atoms with Crippen molar-refractivity contribution in [1.29, 1.82) is 0 Å². The van der Waals surface area contributed by atoms with Crippen LogP contribution in [0.15, 0.2) is 18.2 Å². The van der Waals surface area contributed by atoms with Crippen molar-refractivity contribution in [3.05, 3.63) is 33.8 Å². The molecule has 0 N–H and O–H groups in total. The third-order valence-electron chi connectivity index (χ3n) is 3.80. The van der Waals surface area contributed by atoms with Gasteiger partial charge in [0.05, 0.1) is 18.9 Å². The molecule has 0 bridgehead atoms. The Labute approximate surface area is 155 Å². The zero-order chi connectivity index (χ0) is 17.1. The summed E-state index contributed by atoms with van der Waals surface area (Å²) in [7, 11) is 0. The third kappa shape index (κ3) is 3.62. The van der Waals surface area contributed by atoms with Gasteiger partial charge in [-0.05, 0) is 36.8 Å². The van der Waals surface area contributed by atoms with Gasteiger partial charge in [0.25, 0.3) is 0 Å². The van der Waals surface area contributed by atoms with Gasteiger partial charge in [0.15, 0.2) is 17.1 Å². The summed E-state index contributed by atoms with van der Waals surface area (Å²) in [5, 5.41) is 9.78. The van der Waals surface area contributed by atoms with E-state index in [4.69, 9.17) is 44.9 Å². The fourth-order valence-corrected chi connectivity index (χ4v) is 3.03. The minimum absolute atomic E-state index is 0.546. The summed E-state index contributed by atoms with van der Waals surface area (Å²) in [5.74, 6) is 1.19. The highest BCUT2D eigenvalue weighted by Gasteiger charge is 2.19. The number of nitrogens with zero attached hydrogens (tertiary/aromatic N) is 3. The Kier molecular flexibility index (Phi) is 5.50. The number of hydrogen-bond donors (Lipinski definition) is 0. The number of hydrogen-bond acceptors (Lipinski definition) is 6. The van der Waals surface area contributed by atoms with E-state index in [0.717, 1.165) is 24.2 Å². The van der Waals surface area contributed by atoms with Crippen molar-refractivity contribution < 1.29 is 9.47 Å². The summed E-state index contributed by atoms with van der Waals surface area (Å²) >= 11 is 17.3. The summed E-state index contributed by atoms with van der Waals surface area (Å²) in [4.78, 5) is 2.06. The van der Waals surface area contributed by atoms with Gasteiger partial charge in [-0.3, -0.25) is 0 Å². The zero-order valence-corrected chi connectivity index (χ0v) is 15.3. The van der Waals surface area contributed by atoms with Crippen molar-refractivity contribution in [3.63, 3.8) is 0 Å².